The number of halogens is 1. The number of carbonyl (C=O) groups is 1. The lowest BCUT2D eigenvalue weighted by Gasteiger charge is -2.18. The average Bonchev–Trinajstić information content (AvgIpc) is 3.16. The van der Waals surface area contributed by atoms with E-state index in [0.717, 1.165) is 46.6 Å². The molecule has 2 heterocycles. The second-order valence-electron chi connectivity index (χ2n) is 7.99. The van der Waals surface area contributed by atoms with Gasteiger partial charge >= 0.3 is 5.97 Å². The van der Waals surface area contributed by atoms with Crippen molar-refractivity contribution in [2.45, 2.75) is 19.8 Å². The Labute approximate surface area is 196 Å². The van der Waals surface area contributed by atoms with Gasteiger partial charge in [-0.3, -0.25) is 4.68 Å². The summed E-state index contributed by atoms with van der Waals surface area (Å²) in [5, 5.41) is 8.36. The van der Waals surface area contributed by atoms with E-state index in [1.807, 2.05) is 30.1 Å². The molecule has 2 aromatic heterocycles. The summed E-state index contributed by atoms with van der Waals surface area (Å²) in [6.07, 6.45) is 3.54. The second-order valence-corrected chi connectivity index (χ2v) is 8.39. The summed E-state index contributed by atoms with van der Waals surface area (Å²) < 4.78 is 6.70. The highest BCUT2D eigenvalue weighted by Crippen LogP contribution is 2.40. The number of rotatable bonds is 4. The first kappa shape index (κ1) is 21.2. The lowest BCUT2D eigenvalue weighted by Crippen LogP contribution is -2.09. The maximum Gasteiger partial charge on any atom is 0.337 e. The molecule has 0 aliphatic heterocycles. The van der Waals surface area contributed by atoms with Gasteiger partial charge in [-0.15, -0.1) is 0 Å². The van der Waals surface area contributed by atoms with E-state index in [0.29, 0.717) is 22.2 Å². The molecule has 1 aliphatic rings. The molecule has 0 radical (unpaired) electrons. The number of anilines is 2. The van der Waals surface area contributed by atoms with Crippen molar-refractivity contribution >= 4 is 29.2 Å². The van der Waals surface area contributed by atoms with Crippen LogP contribution in [0.25, 0.3) is 22.5 Å². The van der Waals surface area contributed by atoms with Crippen molar-refractivity contribution in [1.29, 1.82) is 0 Å². The summed E-state index contributed by atoms with van der Waals surface area (Å²) in [6.45, 7) is 2.10. The van der Waals surface area contributed by atoms with E-state index in [2.05, 4.69) is 29.4 Å². The fourth-order valence-corrected chi connectivity index (χ4v) is 4.48. The van der Waals surface area contributed by atoms with Crippen LogP contribution in [0.3, 0.4) is 0 Å². The van der Waals surface area contributed by atoms with Gasteiger partial charge in [0.1, 0.15) is 0 Å². The Kier molecular flexibility index (Phi) is 5.34. The molecule has 33 heavy (non-hydrogen) atoms. The van der Waals surface area contributed by atoms with E-state index in [-0.39, 0.29) is 0 Å². The second kappa shape index (κ2) is 8.33. The molecule has 0 spiro atoms. The molecule has 8 heteroatoms. The molecule has 0 saturated carbocycles. The molecular weight excluding hydrogens is 438 g/mol. The normalized spacial score (nSPS) is 12.1. The van der Waals surface area contributed by atoms with Crippen LogP contribution in [-0.2, 0) is 24.6 Å². The minimum Gasteiger partial charge on any atom is -0.465 e. The molecule has 1 N–H and O–H groups in total. The Morgan fingerprint density at radius 3 is 2.76 bits per heavy atom. The van der Waals surface area contributed by atoms with Crippen LogP contribution in [0.1, 0.15) is 27.2 Å². The Morgan fingerprint density at radius 2 is 2.00 bits per heavy atom. The van der Waals surface area contributed by atoms with Crippen LogP contribution in [-0.4, -0.2) is 32.8 Å². The van der Waals surface area contributed by atoms with Crippen molar-refractivity contribution in [3.05, 3.63) is 76.1 Å². The van der Waals surface area contributed by atoms with Gasteiger partial charge in [-0.05, 0) is 49.1 Å². The Balaban J connectivity index is 1.57. The summed E-state index contributed by atoms with van der Waals surface area (Å²) in [4.78, 5) is 21.1. The van der Waals surface area contributed by atoms with Gasteiger partial charge in [-0.25, -0.2) is 14.8 Å². The van der Waals surface area contributed by atoms with Crippen LogP contribution >= 0.6 is 11.6 Å². The molecular formula is C25H22ClN5O2. The van der Waals surface area contributed by atoms with E-state index in [4.69, 9.17) is 26.4 Å². The Bertz CT molecular complexity index is 1400. The van der Waals surface area contributed by atoms with Gasteiger partial charge in [-0.1, -0.05) is 35.9 Å². The molecule has 1 aliphatic carbocycles. The predicted octanol–water partition coefficient (Wildman–Crippen LogP) is 5.13. The van der Waals surface area contributed by atoms with E-state index in [1.54, 1.807) is 18.2 Å². The minimum atomic E-state index is -0.443. The summed E-state index contributed by atoms with van der Waals surface area (Å²) >= 11 is 6.39. The molecule has 0 fully saturated rings. The van der Waals surface area contributed by atoms with E-state index in [1.165, 1.54) is 12.7 Å². The molecule has 7 nitrogen and oxygen atoms in total. The topological polar surface area (TPSA) is 81.9 Å². The molecule has 2 aromatic carbocycles. The number of esters is 1. The summed E-state index contributed by atoms with van der Waals surface area (Å²) in [7, 11) is 3.31. The van der Waals surface area contributed by atoms with Gasteiger partial charge in [0, 0.05) is 24.4 Å². The van der Waals surface area contributed by atoms with Crippen LogP contribution < -0.4 is 5.32 Å². The first-order valence-corrected chi connectivity index (χ1v) is 11.0. The van der Waals surface area contributed by atoms with Gasteiger partial charge in [0.15, 0.2) is 0 Å². The third kappa shape index (κ3) is 3.74. The number of nitrogens with one attached hydrogen (secondary N) is 1. The standard InChI is InChI=1S/C25H22ClN5O2/c1-14-6-4-5-7-17(14)23-21-20(30-31(23)2)11-9-16-13-27-25(29-22(16)21)28-19-10-8-15(12-18(19)26)24(32)33-3/h4-8,10,12-13H,9,11H2,1-3H3,(H,27,28,29). The molecule has 0 saturated heterocycles. The number of methoxy groups -OCH3 is 1. The molecule has 4 aromatic rings. The van der Waals surface area contributed by atoms with Crippen molar-refractivity contribution < 1.29 is 9.53 Å². The largest absolute Gasteiger partial charge is 0.465 e. The van der Waals surface area contributed by atoms with Crippen molar-refractivity contribution in [3.63, 3.8) is 0 Å². The highest BCUT2D eigenvalue weighted by Gasteiger charge is 2.27. The van der Waals surface area contributed by atoms with Crippen molar-refractivity contribution in [1.82, 2.24) is 19.7 Å². The predicted molar refractivity (Wildman–Crippen MR) is 128 cm³/mol. The summed E-state index contributed by atoms with van der Waals surface area (Å²) in [5.41, 5.74) is 8.39. The smallest absolute Gasteiger partial charge is 0.337 e. The molecule has 5 rings (SSSR count). The fraction of sp³-hybridized carbons (Fsp3) is 0.200. The number of nitrogens with zero attached hydrogens (tertiary/aromatic N) is 4. The zero-order valence-corrected chi connectivity index (χ0v) is 19.3. The first-order chi connectivity index (χ1) is 16.0. The molecule has 0 bridgehead atoms. The van der Waals surface area contributed by atoms with Crippen molar-refractivity contribution in [2.24, 2.45) is 7.05 Å². The number of ether oxygens (including phenoxy) is 1. The maximum absolute atomic E-state index is 11.8. The molecule has 0 atom stereocenters. The van der Waals surface area contributed by atoms with Gasteiger partial charge in [0.05, 0.1) is 40.5 Å². The number of hydrogen-bond donors (Lipinski definition) is 1. The zero-order valence-electron chi connectivity index (χ0n) is 18.5. The van der Waals surface area contributed by atoms with Crippen LogP contribution in [0, 0.1) is 6.92 Å². The lowest BCUT2D eigenvalue weighted by molar-refractivity contribution is 0.0601. The van der Waals surface area contributed by atoms with Crippen LogP contribution in [0.2, 0.25) is 5.02 Å². The van der Waals surface area contributed by atoms with E-state index in [9.17, 15) is 4.79 Å². The monoisotopic (exact) mass is 459 g/mol. The average molecular weight is 460 g/mol. The summed E-state index contributed by atoms with van der Waals surface area (Å²) in [5.74, 6) is -0.0183. The van der Waals surface area contributed by atoms with E-state index >= 15 is 0 Å². The van der Waals surface area contributed by atoms with Gasteiger partial charge in [0.2, 0.25) is 5.95 Å². The van der Waals surface area contributed by atoms with Crippen molar-refractivity contribution in [2.75, 3.05) is 12.4 Å². The number of aryl methyl sites for hydroxylation is 4. The first-order valence-electron chi connectivity index (χ1n) is 10.6. The van der Waals surface area contributed by atoms with E-state index < -0.39 is 5.97 Å². The van der Waals surface area contributed by atoms with Gasteiger partial charge in [-0.2, -0.15) is 5.10 Å². The lowest BCUT2D eigenvalue weighted by atomic mass is 9.90. The summed E-state index contributed by atoms with van der Waals surface area (Å²) in [6, 6.07) is 13.2. The highest BCUT2D eigenvalue weighted by atomic mass is 35.5. The number of carbonyl (C=O) groups excluding carboxylic acids is 1. The molecule has 0 amide bonds. The Hall–Kier alpha value is -3.71. The van der Waals surface area contributed by atoms with Crippen LogP contribution in [0.5, 0.6) is 0 Å². The van der Waals surface area contributed by atoms with Crippen LogP contribution in [0.4, 0.5) is 11.6 Å². The number of hydrogen-bond acceptors (Lipinski definition) is 6. The highest BCUT2D eigenvalue weighted by molar-refractivity contribution is 6.33. The number of fused-ring (bicyclic) bond motifs is 3. The number of aromatic nitrogens is 4. The maximum atomic E-state index is 11.8. The molecule has 0 unspecified atom stereocenters. The third-order valence-electron chi connectivity index (χ3n) is 5.89. The minimum absolute atomic E-state index is 0.377. The fourth-order valence-electron chi connectivity index (χ4n) is 4.25. The van der Waals surface area contributed by atoms with Gasteiger partial charge < -0.3 is 10.1 Å². The zero-order chi connectivity index (χ0) is 23.1. The Morgan fingerprint density at radius 1 is 1.18 bits per heavy atom. The number of benzene rings is 2. The van der Waals surface area contributed by atoms with Crippen LogP contribution in [0.15, 0.2) is 48.7 Å². The quantitative estimate of drug-likeness (QED) is 0.426. The third-order valence-corrected chi connectivity index (χ3v) is 6.20. The SMILES string of the molecule is COC(=O)c1ccc(Nc2ncc3c(n2)-c2c(nn(C)c2-c2ccccc2C)CC3)c(Cl)c1. The van der Waals surface area contributed by atoms with Gasteiger partial charge in [0.25, 0.3) is 0 Å². The van der Waals surface area contributed by atoms with Crippen molar-refractivity contribution in [3.8, 4) is 22.5 Å². The molecule has 166 valence electrons.